The lowest BCUT2D eigenvalue weighted by molar-refractivity contribution is 0.0234. The third-order valence-corrected chi connectivity index (χ3v) is 5.23. The molecule has 0 aromatic carbocycles. The summed E-state index contributed by atoms with van der Waals surface area (Å²) in [6, 6.07) is 1.88. The maximum absolute atomic E-state index is 9.17. The summed E-state index contributed by atoms with van der Waals surface area (Å²) in [5, 5.41) is 13.0. The molecule has 2 bridgehead atoms. The largest absolute Gasteiger partial charge is 0.396 e. The Kier molecular flexibility index (Phi) is 5.67. The van der Waals surface area contributed by atoms with E-state index in [1.807, 2.05) is 0 Å². The van der Waals surface area contributed by atoms with Gasteiger partial charge in [-0.1, -0.05) is 13.3 Å². The molecule has 0 amide bonds. The lowest BCUT2D eigenvalue weighted by atomic mass is 9.72. The van der Waals surface area contributed by atoms with E-state index in [1.54, 1.807) is 0 Å². The highest BCUT2D eigenvalue weighted by molar-refractivity contribution is 4.96. The van der Waals surface area contributed by atoms with Gasteiger partial charge in [0.2, 0.25) is 0 Å². The number of rotatable bonds is 6. The van der Waals surface area contributed by atoms with Gasteiger partial charge in [-0.25, -0.2) is 0 Å². The molecule has 0 aromatic heterocycles. The summed E-state index contributed by atoms with van der Waals surface area (Å²) < 4.78 is 0. The molecule has 2 rings (SSSR count). The third-order valence-electron chi connectivity index (χ3n) is 5.23. The maximum atomic E-state index is 9.17. The highest BCUT2D eigenvalue weighted by Crippen LogP contribution is 2.36. The van der Waals surface area contributed by atoms with Crippen molar-refractivity contribution in [3.63, 3.8) is 0 Å². The van der Waals surface area contributed by atoms with Gasteiger partial charge in [0.25, 0.3) is 0 Å². The Balaban J connectivity index is 1.97. The van der Waals surface area contributed by atoms with Gasteiger partial charge in [0.15, 0.2) is 0 Å². The zero-order valence-electron chi connectivity index (χ0n) is 12.9. The van der Waals surface area contributed by atoms with Crippen LogP contribution in [0.3, 0.4) is 0 Å². The molecule has 0 radical (unpaired) electrons. The molecule has 3 heteroatoms. The minimum Gasteiger partial charge on any atom is -0.396 e. The Morgan fingerprint density at radius 1 is 1.21 bits per heavy atom. The van der Waals surface area contributed by atoms with Crippen molar-refractivity contribution in [1.29, 1.82) is 0 Å². The first-order valence-electron chi connectivity index (χ1n) is 8.26. The fourth-order valence-corrected chi connectivity index (χ4v) is 4.00. The topological polar surface area (TPSA) is 35.5 Å². The zero-order chi connectivity index (χ0) is 13.8. The van der Waals surface area contributed by atoms with Crippen LogP contribution in [0, 0.1) is 11.8 Å². The quantitative estimate of drug-likeness (QED) is 0.775. The molecule has 2 fully saturated rings. The van der Waals surface area contributed by atoms with Crippen LogP contribution in [0.4, 0.5) is 0 Å². The summed E-state index contributed by atoms with van der Waals surface area (Å²) in [6.07, 6.45) is 6.21. The first-order chi connectivity index (χ1) is 9.15. The standard InChI is InChI=1S/C16H32N2O/c1-4-15(8-9-19)17-16-13-6-5-7-14(16)11-18(10-13)12(2)3/h12-17,19H,4-11H2,1-3H3. The molecule has 1 aliphatic carbocycles. The van der Waals surface area contributed by atoms with E-state index in [9.17, 15) is 0 Å². The van der Waals surface area contributed by atoms with E-state index in [2.05, 4.69) is 31.0 Å². The van der Waals surface area contributed by atoms with Gasteiger partial charge in [0, 0.05) is 37.8 Å². The van der Waals surface area contributed by atoms with E-state index in [4.69, 9.17) is 5.11 Å². The minimum atomic E-state index is 0.311. The van der Waals surface area contributed by atoms with Crippen molar-refractivity contribution in [2.24, 2.45) is 11.8 Å². The Labute approximate surface area is 118 Å². The molecular formula is C16H32N2O. The molecule has 19 heavy (non-hydrogen) atoms. The predicted molar refractivity (Wildman–Crippen MR) is 80.2 cm³/mol. The normalized spacial score (nSPS) is 33.6. The van der Waals surface area contributed by atoms with Crippen molar-refractivity contribution in [2.75, 3.05) is 19.7 Å². The fraction of sp³-hybridized carbons (Fsp3) is 1.00. The number of aliphatic hydroxyl groups is 1. The summed E-state index contributed by atoms with van der Waals surface area (Å²) in [6.45, 7) is 9.72. The fourth-order valence-electron chi connectivity index (χ4n) is 4.00. The van der Waals surface area contributed by atoms with Crippen LogP contribution in [0.25, 0.3) is 0 Å². The summed E-state index contributed by atoms with van der Waals surface area (Å²) >= 11 is 0. The molecule has 112 valence electrons. The highest BCUT2D eigenvalue weighted by Gasteiger charge is 2.40. The number of nitrogens with one attached hydrogen (secondary N) is 1. The van der Waals surface area contributed by atoms with Gasteiger partial charge in [-0.05, 0) is 51.4 Å². The van der Waals surface area contributed by atoms with Crippen LogP contribution in [0.2, 0.25) is 0 Å². The maximum Gasteiger partial charge on any atom is 0.0445 e. The smallest absolute Gasteiger partial charge is 0.0445 e. The summed E-state index contributed by atoms with van der Waals surface area (Å²) in [4.78, 5) is 2.67. The summed E-state index contributed by atoms with van der Waals surface area (Å²) in [7, 11) is 0. The number of hydrogen-bond acceptors (Lipinski definition) is 3. The predicted octanol–water partition coefficient (Wildman–Crippen LogP) is 2.25. The number of likely N-dealkylation sites (tertiary alicyclic amines) is 1. The molecule has 0 spiro atoms. The van der Waals surface area contributed by atoms with Crippen molar-refractivity contribution in [1.82, 2.24) is 10.2 Å². The van der Waals surface area contributed by atoms with Gasteiger partial charge in [0.05, 0.1) is 0 Å². The van der Waals surface area contributed by atoms with E-state index < -0.39 is 0 Å². The first-order valence-corrected chi connectivity index (χ1v) is 8.26. The molecule has 1 saturated carbocycles. The third kappa shape index (κ3) is 3.71. The van der Waals surface area contributed by atoms with Crippen LogP contribution in [0.15, 0.2) is 0 Å². The van der Waals surface area contributed by atoms with E-state index in [0.29, 0.717) is 24.7 Å². The Hall–Kier alpha value is -0.120. The average Bonchev–Trinajstić information content (AvgIpc) is 2.37. The average molecular weight is 268 g/mol. The first kappa shape index (κ1) is 15.3. The van der Waals surface area contributed by atoms with Crippen LogP contribution in [-0.4, -0.2) is 47.8 Å². The van der Waals surface area contributed by atoms with Gasteiger partial charge in [-0.15, -0.1) is 0 Å². The number of fused-ring (bicyclic) bond motifs is 2. The molecule has 2 aliphatic rings. The number of aliphatic hydroxyl groups excluding tert-OH is 1. The lowest BCUT2D eigenvalue weighted by Gasteiger charge is -2.50. The van der Waals surface area contributed by atoms with Crippen molar-refractivity contribution in [3.8, 4) is 0 Å². The van der Waals surface area contributed by atoms with E-state index in [1.165, 1.54) is 32.4 Å². The second-order valence-corrected chi connectivity index (χ2v) is 6.81. The van der Waals surface area contributed by atoms with Crippen molar-refractivity contribution in [3.05, 3.63) is 0 Å². The SMILES string of the molecule is CCC(CCO)NC1C2CCCC1CN(C(C)C)C2. The molecular weight excluding hydrogens is 236 g/mol. The molecule has 1 saturated heterocycles. The molecule has 3 nitrogen and oxygen atoms in total. The monoisotopic (exact) mass is 268 g/mol. The van der Waals surface area contributed by atoms with Gasteiger partial charge >= 0.3 is 0 Å². The van der Waals surface area contributed by atoms with Crippen LogP contribution >= 0.6 is 0 Å². The zero-order valence-corrected chi connectivity index (χ0v) is 12.9. The van der Waals surface area contributed by atoms with E-state index in [-0.39, 0.29) is 0 Å². The molecule has 0 aromatic rings. The molecule has 1 aliphatic heterocycles. The molecule has 2 N–H and O–H groups in total. The number of hydrogen-bond donors (Lipinski definition) is 2. The Morgan fingerprint density at radius 2 is 1.84 bits per heavy atom. The van der Waals surface area contributed by atoms with Crippen molar-refractivity contribution < 1.29 is 5.11 Å². The van der Waals surface area contributed by atoms with Crippen LogP contribution in [-0.2, 0) is 0 Å². The second kappa shape index (κ2) is 7.05. The lowest BCUT2D eigenvalue weighted by Crippen LogP contribution is -2.60. The number of piperidine rings is 1. The highest BCUT2D eigenvalue weighted by atomic mass is 16.3. The summed E-state index contributed by atoms with van der Waals surface area (Å²) in [5.41, 5.74) is 0. The van der Waals surface area contributed by atoms with Crippen LogP contribution in [0.5, 0.6) is 0 Å². The summed E-state index contributed by atoms with van der Waals surface area (Å²) in [5.74, 6) is 1.64. The van der Waals surface area contributed by atoms with Gasteiger partial charge in [-0.3, -0.25) is 0 Å². The number of nitrogens with zero attached hydrogens (tertiary/aromatic N) is 1. The van der Waals surface area contributed by atoms with Crippen molar-refractivity contribution >= 4 is 0 Å². The van der Waals surface area contributed by atoms with E-state index in [0.717, 1.165) is 24.7 Å². The Bertz CT molecular complexity index is 255. The Morgan fingerprint density at radius 3 is 2.32 bits per heavy atom. The molecule has 1 heterocycles. The van der Waals surface area contributed by atoms with Crippen molar-refractivity contribution in [2.45, 2.75) is 71.0 Å². The van der Waals surface area contributed by atoms with Gasteiger partial charge < -0.3 is 15.3 Å². The minimum absolute atomic E-state index is 0.311. The molecule has 3 atom stereocenters. The second-order valence-electron chi connectivity index (χ2n) is 6.81. The van der Waals surface area contributed by atoms with Crippen LogP contribution in [0.1, 0.15) is 52.9 Å². The van der Waals surface area contributed by atoms with E-state index >= 15 is 0 Å². The molecule has 3 unspecified atom stereocenters. The van der Waals surface area contributed by atoms with Gasteiger partial charge in [-0.2, -0.15) is 0 Å². The van der Waals surface area contributed by atoms with Crippen LogP contribution < -0.4 is 5.32 Å². The van der Waals surface area contributed by atoms with Gasteiger partial charge in [0.1, 0.15) is 0 Å².